The first kappa shape index (κ1) is 15.0. The van der Waals surface area contributed by atoms with Gasteiger partial charge >= 0.3 is 0 Å². The van der Waals surface area contributed by atoms with Gasteiger partial charge in [-0.1, -0.05) is 12.1 Å². The first-order valence-corrected chi connectivity index (χ1v) is 6.65. The summed E-state index contributed by atoms with van der Waals surface area (Å²) in [6.07, 6.45) is 2.37. The van der Waals surface area contributed by atoms with Crippen molar-refractivity contribution in [2.75, 3.05) is 20.6 Å². The van der Waals surface area contributed by atoms with Crippen LogP contribution in [0.25, 0.3) is 0 Å². The Morgan fingerprint density at radius 1 is 1.29 bits per heavy atom. The lowest BCUT2D eigenvalue weighted by molar-refractivity contribution is 0.0938. The Bertz CT molecular complexity index is 588. The Balaban J connectivity index is 2.00. The van der Waals surface area contributed by atoms with Crippen molar-refractivity contribution in [3.8, 4) is 0 Å². The summed E-state index contributed by atoms with van der Waals surface area (Å²) >= 11 is 0. The van der Waals surface area contributed by atoms with Gasteiger partial charge in [0.15, 0.2) is 0 Å². The lowest BCUT2D eigenvalue weighted by atomic mass is 10.1. The number of carbonyl (C=O) groups is 2. The van der Waals surface area contributed by atoms with E-state index in [2.05, 4.69) is 5.32 Å². The van der Waals surface area contributed by atoms with Crippen LogP contribution in [0.15, 0.2) is 47.1 Å². The second-order valence-electron chi connectivity index (χ2n) is 4.94. The number of carbonyl (C=O) groups excluding carboxylic acids is 2. The number of benzene rings is 1. The summed E-state index contributed by atoms with van der Waals surface area (Å²) in [5.74, 6) is 0.627. The van der Waals surface area contributed by atoms with Crippen LogP contribution in [0.2, 0.25) is 0 Å². The predicted molar refractivity (Wildman–Crippen MR) is 79.3 cm³/mol. The molecule has 1 N–H and O–H groups in total. The minimum atomic E-state index is -0.175. The molecule has 0 saturated carbocycles. The molecular formula is C16H18N2O3. The first-order chi connectivity index (χ1) is 10.1. The fourth-order valence-corrected chi connectivity index (χ4v) is 2.02. The zero-order valence-corrected chi connectivity index (χ0v) is 12.1. The molecule has 1 atom stereocenters. The molecule has 0 aliphatic rings. The van der Waals surface area contributed by atoms with Gasteiger partial charge in [-0.2, -0.15) is 0 Å². The molecule has 2 aromatic rings. The van der Waals surface area contributed by atoms with Crippen LogP contribution in [0.1, 0.15) is 32.5 Å². The van der Waals surface area contributed by atoms with Crippen molar-refractivity contribution in [1.29, 1.82) is 0 Å². The summed E-state index contributed by atoms with van der Waals surface area (Å²) in [6, 6.07) is 10.2. The topological polar surface area (TPSA) is 62.6 Å². The van der Waals surface area contributed by atoms with E-state index in [1.165, 1.54) is 0 Å². The van der Waals surface area contributed by atoms with Gasteiger partial charge < -0.3 is 9.73 Å². The van der Waals surface area contributed by atoms with E-state index in [0.29, 0.717) is 17.7 Å². The maximum atomic E-state index is 12.1. The average Bonchev–Trinajstić information content (AvgIpc) is 3.01. The number of nitrogens with zero attached hydrogens (tertiary/aromatic N) is 1. The maximum absolute atomic E-state index is 12.1. The molecule has 0 spiro atoms. The van der Waals surface area contributed by atoms with E-state index in [-0.39, 0.29) is 11.9 Å². The van der Waals surface area contributed by atoms with Gasteiger partial charge in [-0.25, -0.2) is 0 Å². The molecule has 0 fully saturated rings. The highest BCUT2D eigenvalue weighted by Crippen LogP contribution is 2.17. The Labute approximate surface area is 123 Å². The van der Waals surface area contributed by atoms with E-state index in [9.17, 15) is 9.59 Å². The van der Waals surface area contributed by atoms with Gasteiger partial charge in [0.05, 0.1) is 12.3 Å². The molecule has 1 unspecified atom stereocenters. The Hall–Kier alpha value is -2.40. The van der Waals surface area contributed by atoms with Crippen LogP contribution in [-0.4, -0.2) is 37.7 Å². The van der Waals surface area contributed by atoms with Gasteiger partial charge in [0, 0.05) is 17.7 Å². The molecule has 5 heteroatoms. The van der Waals surface area contributed by atoms with Crippen molar-refractivity contribution in [1.82, 2.24) is 10.2 Å². The Kier molecular flexibility index (Phi) is 4.90. The molecule has 1 heterocycles. The molecule has 0 saturated heterocycles. The molecule has 1 aromatic carbocycles. The highest BCUT2D eigenvalue weighted by molar-refractivity contribution is 5.94. The van der Waals surface area contributed by atoms with Gasteiger partial charge in [0.2, 0.25) is 0 Å². The molecule has 21 heavy (non-hydrogen) atoms. The van der Waals surface area contributed by atoms with E-state index in [4.69, 9.17) is 4.42 Å². The zero-order chi connectivity index (χ0) is 15.2. The number of hydrogen-bond donors (Lipinski definition) is 1. The van der Waals surface area contributed by atoms with Gasteiger partial charge in [0.25, 0.3) is 5.91 Å². The van der Waals surface area contributed by atoms with Crippen LogP contribution >= 0.6 is 0 Å². The van der Waals surface area contributed by atoms with Crippen LogP contribution in [-0.2, 0) is 0 Å². The highest BCUT2D eigenvalue weighted by atomic mass is 16.3. The molecule has 1 aromatic heterocycles. The summed E-state index contributed by atoms with van der Waals surface area (Å²) in [5, 5.41) is 2.88. The van der Waals surface area contributed by atoms with Crippen molar-refractivity contribution >= 4 is 12.2 Å². The monoisotopic (exact) mass is 286 g/mol. The van der Waals surface area contributed by atoms with E-state index < -0.39 is 0 Å². The number of amides is 1. The summed E-state index contributed by atoms with van der Waals surface area (Å²) in [4.78, 5) is 24.7. The molecule has 0 aliphatic carbocycles. The average molecular weight is 286 g/mol. The highest BCUT2D eigenvalue weighted by Gasteiger charge is 2.18. The van der Waals surface area contributed by atoms with Crippen molar-refractivity contribution in [3.63, 3.8) is 0 Å². The summed E-state index contributed by atoms with van der Waals surface area (Å²) in [6.45, 7) is 0.439. The van der Waals surface area contributed by atoms with Crippen LogP contribution in [0.4, 0.5) is 0 Å². The van der Waals surface area contributed by atoms with E-state index >= 15 is 0 Å². The van der Waals surface area contributed by atoms with E-state index in [0.717, 1.165) is 12.0 Å². The normalized spacial score (nSPS) is 12.1. The Morgan fingerprint density at radius 2 is 2.00 bits per heavy atom. The van der Waals surface area contributed by atoms with Crippen LogP contribution < -0.4 is 5.32 Å². The molecule has 2 rings (SSSR count). The fraction of sp³-hybridized carbons (Fsp3) is 0.250. The minimum Gasteiger partial charge on any atom is -0.468 e. The van der Waals surface area contributed by atoms with Crippen molar-refractivity contribution in [2.24, 2.45) is 0 Å². The number of furan rings is 1. The maximum Gasteiger partial charge on any atom is 0.251 e. The number of hydrogen-bond acceptors (Lipinski definition) is 4. The van der Waals surface area contributed by atoms with Crippen molar-refractivity contribution in [3.05, 3.63) is 59.5 Å². The largest absolute Gasteiger partial charge is 0.468 e. The first-order valence-electron chi connectivity index (χ1n) is 6.65. The lowest BCUT2D eigenvalue weighted by Crippen LogP contribution is -2.34. The summed E-state index contributed by atoms with van der Waals surface area (Å²) < 4.78 is 5.39. The summed E-state index contributed by atoms with van der Waals surface area (Å²) in [5.41, 5.74) is 1.07. The Morgan fingerprint density at radius 3 is 2.52 bits per heavy atom. The smallest absolute Gasteiger partial charge is 0.251 e. The number of likely N-dealkylation sites (N-methyl/N-ethyl adjacent to an activating group) is 1. The van der Waals surface area contributed by atoms with Gasteiger partial charge in [-0.3, -0.25) is 14.5 Å². The zero-order valence-electron chi connectivity index (χ0n) is 12.1. The number of nitrogens with one attached hydrogen (secondary N) is 1. The van der Waals surface area contributed by atoms with Gasteiger partial charge in [-0.05, 0) is 38.4 Å². The standard InChI is InChI=1S/C16H18N2O3/c1-18(2)14(15-4-3-9-21-15)10-17-16(20)13-7-5-12(11-19)6-8-13/h3-9,11,14H,10H2,1-2H3,(H,17,20). The predicted octanol–water partition coefficient (Wildman–Crippen LogP) is 2.12. The molecule has 0 bridgehead atoms. The second-order valence-corrected chi connectivity index (χ2v) is 4.94. The molecular weight excluding hydrogens is 268 g/mol. The number of aldehydes is 1. The van der Waals surface area contributed by atoms with Crippen molar-refractivity contribution < 1.29 is 14.0 Å². The molecule has 0 radical (unpaired) electrons. The van der Waals surface area contributed by atoms with Gasteiger partial charge in [-0.15, -0.1) is 0 Å². The molecule has 0 aliphatic heterocycles. The fourth-order valence-electron chi connectivity index (χ4n) is 2.02. The molecule has 1 amide bonds. The third-order valence-corrected chi connectivity index (χ3v) is 3.26. The van der Waals surface area contributed by atoms with E-state index in [1.54, 1.807) is 30.5 Å². The lowest BCUT2D eigenvalue weighted by Gasteiger charge is -2.22. The second kappa shape index (κ2) is 6.85. The van der Waals surface area contributed by atoms with Crippen LogP contribution in [0.3, 0.4) is 0 Å². The third-order valence-electron chi connectivity index (χ3n) is 3.26. The minimum absolute atomic E-state index is 0.0294. The third kappa shape index (κ3) is 3.79. The number of rotatable bonds is 6. The molecule has 5 nitrogen and oxygen atoms in total. The SMILES string of the molecule is CN(C)C(CNC(=O)c1ccc(C=O)cc1)c1ccco1. The van der Waals surface area contributed by atoms with Crippen LogP contribution in [0, 0.1) is 0 Å². The molecule has 110 valence electrons. The quantitative estimate of drug-likeness (QED) is 0.826. The van der Waals surface area contributed by atoms with Crippen LogP contribution in [0.5, 0.6) is 0 Å². The van der Waals surface area contributed by atoms with E-state index in [1.807, 2.05) is 31.1 Å². The van der Waals surface area contributed by atoms with Gasteiger partial charge in [0.1, 0.15) is 12.0 Å². The van der Waals surface area contributed by atoms with Crippen molar-refractivity contribution in [2.45, 2.75) is 6.04 Å². The summed E-state index contributed by atoms with van der Waals surface area (Å²) in [7, 11) is 3.86.